The van der Waals surface area contributed by atoms with Gasteiger partial charge in [-0.3, -0.25) is 4.90 Å². The fourth-order valence-electron chi connectivity index (χ4n) is 2.57. The Balaban J connectivity index is 2.39. The second-order valence-corrected chi connectivity index (χ2v) is 6.63. The average molecular weight is 296 g/mol. The van der Waals surface area contributed by atoms with E-state index in [0.29, 0.717) is 18.5 Å². The summed E-state index contributed by atoms with van der Waals surface area (Å²) >= 11 is 0. The van der Waals surface area contributed by atoms with Crippen LogP contribution < -0.4 is 5.32 Å². The van der Waals surface area contributed by atoms with Crippen LogP contribution in [0, 0.1) is 5.92 Å². The van der Waals surface area contributed by atoms with Crippen LogP contribution >= 0.6 is 0 Å². The van der Waals surface area contributed by atoms with Gasteiger partial charge in [0.1, 0.15) is 6.61 Å². The lowest BCUT2D eigenvalue weighted by atomic mass is 9.94. The minimum absolute atomic E-state index is 0.0466. The van der Waals surface area contributed by atoms with Gasteiger partial charge in [0.2, 0.25) is 0 Å². The van der Waals surface area contributed by atoms with Gasteiger partial charge < -0.3 is 10.1 Å². The van der Waals surface area contributed by atoms with Crippen molar-refractivity contribution in [1.29, 1.82) is 0 Å². The Morgan fingerprint density at radius 2 is 2.00 bits per heavy atom. The first-order valence-corrected chi connectivity index (χ1v) is 7.23. The Morgan fingerprint density at radius 3 is 2.55 bits per heavy atom. The second kappa shape index (κ2) is 7.09. The normalized spacial score (nSPS) is 24.3. The zero-order chi connectivity index (χ0) is 15.4. The van der Waals surface area contributed by atoms with Gasteiger partial charge in [0.05, 0.1) is 6.61 Å². The van der Waals surface area contributed by atoms with Gasteiger partial charge in [-0.15, -0.1) is 0 Å². The number of alkyl halides is 3. The standard InChI is InChI=1S/C14H27F3N2O/c1-11(2)7-12-8-19(13(3,4)9-18-12)5-6-20-10-14(15,16)17/h11-12,18H,5-10H2,1-4H3. The summed E-state index contributed by atoms with van der Waals surface area (Å²) in [5.74, 6) is 0.608. The summed E-state index contributed by atoms with van der Waals surface area (Å²) in [5, 5.41) is 3.52. The number of hydrogen-bond donors (Lipinski definition) is 1. The molecule has 0 aliphatic carbocycles. The van der Waals surface area contributed by atoms with Crippen molar-refractivity contribution in [1.82, 2.24) is 10.2 Å². The van der Waals surface area contributed by atoms with Gasteiger partial charge >= 0.3 is 6.18 Å². The van der Waals surface area contributed by atoms with Crippen molar-refractivity contribution in [3.05, 3.63) is 0 Å². The van der Waals surface area contributed by atoms with Gasteiger partial charge in [0.15, 0.2) is 0 Å². The van der Waals surface area contributed by atoms with E-state index in [0.717, 1.165) is 19.5 Å². The molecule has 0 aromatic heterocycles. The third-order valence-corrected chi connectivity index (χ3v) is 3.65. The predicted molar refractivity (Wildman–Crippen MR) is 73.8 cm³/mol. The molecular formula is C14H27F3N2O. The quantitative estimate of drug-likeness (QED) is 0.763. The minimum Gasteiger partial charge on any atom is -0.371 e. The van der Waals surface area contributed by atoms with Crippen molar-refractivity contribution in [3.8, 4) is 0 Å². The monoisotopic (exact) mass is 296 g/mol. The molecule has 120 valence electrons. The Bertz CT molecular complexity index is 293. The smallest absolute Gasteiger partial charge is 0.371 e. The zero-order valence-corrected chi connectivity index (χ0v) is 12.9. The van der Waals surface area contributed by atoms with Crippen LogP contribution in [0.2, 0.25) is 0 Å². The van der Waals surface area contributed by atoms with E-state index in [9.17, 15) is 13.2 Å². The first kappa shape index (κ1) is 17.7. The molecule has 1 heterocycles. The van der Waals surface area contributed by atoms with Gasteiger partial charge in [-0.1, -0.05) is 13.8 Å². The molecule has 1 rings (SSSR count). The molecule has 6 heteroatoms. The molecule has 20 heavy (non-hydrogen) atoms. The molecule has 0 amide bonds. The van der Waals surface area contributed by atoms with Crippen molar-refractivity contribution in [2.45, 2.75) is 51.9 Å². The summed E-state index contributed by atoms with van der Waals surface area (Å²) < 4.78 is 40.8. The van der Waals surface area contributed by atoms with Crippen molar-refractivity contribution in [2.75, 3.05) is 32.8 Å². The van der Waals surface area contributed by atoms with Gasteiger partial charge in [-0.25, -0.2) is 0 Å². The molecular weight excluding hydrogens is 269 g/mol. The first-order valence-electron chi connectivity index (χ1n) is 7.23. The highest BCUT2D eigenvalue weighted by atomic mass is 19.4. The summed E-state index contributed by atoms with van der Waals surface area (Å²) in [6.07, 6.45) is -3.16. The van der Waals surface area contributed by atoms with Gasteiger partial charge in [0, 0.05) is 31.2 Å². The molecule has 1 unspecified atom stereocenters. The lowest BCUT2D eigenvalue weighted by molar-refractivity contribution is -0.175. The van der Waals surface area contributed by atoms with Crippen LogP contribution in [0.3, 0.4) is 0 Å². The molecule has 1 aliphatic heterocycles. The number of halogens is 3. The lowest BCUT2D eigenvalue weighted by Gasteiger charge is -2.46. The maximum Gasteiger partial charge on any atom is 0.411 e. The Morgan fingerprint density at radius 1 is 1.35 bits per heavy atom. The minimum atomic E-state index is -4.24. The molecule has 1 atom stereocenters. The summed E-state index contributed by atoms with van der Waals surface area (Å²) in [7, 11) is 0. The topological polar surface area (TPSA) is 24.5 Å². The van der Waals surface area contributed by atoms with E-state index >= 15 is 0 Å². The predicted octanol–water partition coefficient (Wildman–Crippen LogP) is 2.66. The van der Waals surface area contributed by atoms with E-state index in [-0.39, 0.29) is 12.1 Å². The fraction of sp³-hybridized carbons (Fsp3) is 1.00. The van der Waals surface area contributed by atoms with E-state index in [2.05, 4.69) is 37.9 Å². The number of nitrogens with zero attached hydrogens (tertiary/aromatic N) is 1. The number of piperazine rings is 1. The summed E-state index contributed by atoms with van der Waals surface area (Å²) in [6.45, 7) is 9.79. The Labute approximate surface area is 119 Å². The lowest BCUT2D eigenvalue weighted by Crippen LogP contribution is -2.62. The largest absolute Gasteiger partial charge is 0.411 e. The second-order valence-electron chi connectivity index (χ2n) is 6.63. The van der Waals surface area contributed by atoms with E-state index < -0.39 is 12.8 Å². The molecule has 0 saturated carbocycles. The fourth-order valence-corrected chi connectivity index (χ4v) is 2.57. The van der Waals surface area contributed by atoms with Gasteiger partial charge in [-0.05, 0) is 26.2 Å². The van der Waals surface area contributed by atoms with Crippen LogP contribution in [-0.4, -0.2) is 55.5 Å². The van der Waals surface area contributed by atoms with Crippen LogP contribution in [0.1, 0.15) is 34.1 Å². The maximum absolute atomic E-state index is 12.0. The molecule has 0 aromatic rings. The Hall–Kier alpha value is -0.330. The molecule has 1 saturated heterocycles. The van der Waals surface area contributed by atoms with Crippen LogP contribution in [0.5, 0.6) is 0 Å². The SMILES string of the molecule is CC(C)CC1CN(CCOCC(F)(F)F)C(C)(C)CN1. The molecule has 0 aromatic carbocycles. The highest BCUT2D eigenvalue weighted by molar-refractivity contribution is 4.92. The van der Waals surface area contributed by atoms with Crippen LogP contribution in [0.4, 0.5) is 13.2 Å². The van der Waals surface area contributed by atoms with Crippen LogP contribution in [0.15, 0.2) is 0 Å². The zero-order valence-electron chi connectivity index (χ0n) is 12.9. The third kappa shape index (κ3) is 6.41. The molecule has 3 nitrogen and oxygen atoms in total. The summed E-state index contributed by atoms with van der Waals surface area (Å²) in [6, 6.07) is 0.408. The Kier molecular flexibility index (Phi) is 6.28. The summed E-state index contributed by atoms with van der Waals surface area (Å²) in [5.41, 5.74) is -0.0466. The molecule has 0 bridgehead atoms. The van der Waals surface area contributed by atoms with Crippen molar-refractivity contribution >= 4 is 0 Å². The van der Waals surface area contributed by atoms with E-state index in [4.69, 9.17) is 4.74 Å². The molecule has 1 N–H and O–H groups in total. The van der Waals surface area contributed by atoms with E-state index in [1.165, 1.54) is 0 Å². The van der Waals surface area contributed by atoms with E-state index in [1.54, 1.807) is 0 Å². The number of hydrogen-bond acceptors (Lipinski definition) is 3. The van der Waals surface area contributed by atoms with E-state index in [1.807, 2.05) is 0 Å². The average Bonchev–Trinajstić information content (AvgIpc) is 2.26. The summed E-state index contributed by atoms with van der Waals surface area (Å²) in [4.78, 5) is 2.23. The maximum atomic E-state index is 12.0. The number of ether oxygens (including phenoxy) is 1. The van der Waals surface area contributed by atoms with Gasteiger partial charge in [0.25, 0.3) is 0 Å². The van der Waals surface area contributed by atoms with Crippen LogP contribution in [-0.2, 0) is 4.74 Å². The van der Waals surface area contributed by atoms with Crippen LogP contribution in [0.25, 0.3) is 0 Å². The highest BCUT2D eigenvalue weighted by Crippen LogP contribution is 2.21. The number of nitrogens with one attached hydrogen (secondary N) is 1. The first-order chi connectivity index (χ1) is 9.10. The van der Waals surface area contributed by atoms with Crippen molar-refractivity contribution < 1.29 is 17.9 Å². The molecule has 0 radical (unpaired) electrons. The molecule has 1 fully saturated rings. The van der Waals surface area contributed by atoms with Crippen molar-refractivity contribution in [3.63, 3.8) is 0 Å². The van der Waals surface area contributed by atoms with Gasteiger partial charge in [-0.2, -0.15) is 13.2 Å². The number of rotatable bonds is 6. The van der Waals surface area contributed by atoms with Crippen molar-refractivity contribution in [2.24, 2.45) is 5.92 Å². The molecule has 1 aliphatic rings. The highest BCUT2D eigenvalue weighted by Gasteiger charge is 2.34. The molecule has 0 spiro atoms. The third-order valence-electron chi connectivity index (χ3n) is 3.65.